The van der Waals surface area contributed by atoms with Crippen LogP contribution in [0.4, 0.5) is 0 Å². The van der Waals surface area contributed by atoms with Gasteiger partial charge in [0.2, 0.25) is 11.6 Å². The van der Waals surface area contributed by atoms with Gasteiger partial charge in [-0.1, -0.05) is 63.5 Å². The van der Waals surface area contributed by atoms with Crippen LogP contribution in [-0.2, 0) is 9.59 Å². The third-order valence-corrected chi connectivity index (χ3v) is 7.04. The van der Waals surface area contributed by atoms with Crippen molar-refractivity contribution in [2.24, 2.45) is 0 Å². The summed E-state index contributed by atoms with van der Waals surface area (Å²) in [7, 11) is 5.46. The molecule has 0 aromatic heterocycles. The van der Waals surface area contributed by atoms with E-state index in [4.69, 9.17) is 65.9 Å². The molecule has 150 valence electrons. The van der Waals surface area contributed by atoms with Crippen molar-refractivity contribution in [2.75, 3.05) is 39.3 Å². The van der Waals surface area contributed by atoms with Crippen LogP contribution >= 0.6 is 58.0 Å². The second-order valence-corrected chi connectivity index (χ2v) is 8.75. The van der Waals surface area contributed by atoms with E-state index in [0.29, 0.717) is 17.1 Å². The van der Waals surface area contributed by atoms with Crippen LogP contribution in [0.15, 0.2) is 23.2 Å². The Morgan fingerprint density at radius 1 is 0.655 bits per heavy atom. The molecule has 3 fully saturated rings. The molecule has 0 bridgehead atoms. The van der Waals surface area contributed by atoms with Crippen molar-refractivity contribution in [1.29, 1.82) is 0 Å². The van der Waals surface area contributed by atoms with Crippen molar-refractivity contribution < 1.29 is 9.59 Å². The van der Waals surface area contributed by atoms with Gasteiger partial charge in [-0.15, -0.1) is 0 Å². The molecule has 29 heavy (non-hydrogen) atoms. The third-order valence-electron chi connectivity index (χ3n) is 4.73. The number of carbonyl (C=O) groups excluding carboxylic acids is 2. The monoisotopic (exact) mass is 489 g/mol. The minimum Gasteiger partial charge on any atom is -0.365 e. The fourth-order valence-corrected chi connectivity index (χ4v) is 4.05. The van der Waals surface area contributed by atoms with E-state index in [1.54, 1.807) is 0 Å². The van der Waals surface area contributed by atoms with Crippen molar-refractivity contribution in [3.63, 3.8) is 0 Å². The highest BCUT2D eigenvalue weighted by Gasteiger charge is 2.43. The zero-order valence-electron chi connectivity index (χ0n) is 14.9. The third kappa shape index (κ3) is 4.10. The predicted molar refractivity (Wildman–Crippen MR) is 117 cm³/mol. The Kier molecular flexibility index (Phi) is 5.77. The summed E-state index contributed by atoms with van der Waals surface area (Å²) >= 11 is 28.4. The maximum Gasteiger partial charge on any atom is 0.227 e. The van der Waals surface area contributed by atoms with Crippen LogP contribution in [-0.4, -0.2) is 73.4 Å². The molecule has 0 unspecified atom stereocenters. The fourth-order valence-electron chi connectivity index (χ4n) is 2.90. The minimum atomic E-state index is 0.00546. The van der Waals surface area contributed by atoms with Crippen LogP contribution in [0.2, 0.25) is 25.1 Å². The van der Waals surface area contributed by atoms with Crippen molar-refractivity contribution >= 4 is 82.9 Å². The average molecular weight is 491 g/mol. The molecule has 0 N–H and O–H groups in total. The Morgan fingerprint density at radius 2 is 1.07 bits per heavy atom. The van der Waals surface area contributed by atoms with E-state index in [0.717, 1.165) is 39.3 Å². The summed E-state index contributed by atoms with van der Waals surface area (Å²) in [5.41, 5.74) is 2.02. The highest BCUT2D eigenvalue weighted by molar-refractivity contribution is 6.61. The molecule has 1 aromatic carbocycles. The maximum absolute atomic E-state index is 12.4. The first kappa shape index (κ1) is 21.2. The summed E-state index contributed by atoms with van der Waals surface area (Å²) in [5, 5.41) is 0.588. The summed E-state index contributed by atoms with van der Waals surface area (Å²) in [4.78, 5) is 30.5. The van der Waals surface area contributed by atoms with Gasteiger partial charge in [-0.25, -0.2) is 0 Å². The van der Waals surface area contributed by atoms with Gasteiger partial charge in [-0.3, -0.25) is 9.59 Å². The number of nitrogens with zero attached hydrogens (tertiary/aromatic N) is 3. The molecule has 3 saturated heterocycles. The molecule has 0 amide bonds. The number of benzene rings is 1. The van der Waals surface area contributed by atoms with Crippen molar-refractivity contribution in [1.82, 2.24) is 14.7 Å². The zero-order chi connectivity index (χ0) is 21.0. The van der Waals surface area contributed by atoms with Crippen LogP contribution in [0.1, 0.15) is 0 Å². The van der Waals surface area contributed by atoms with Crippen LogP contribution in [0.3, 0.4) is 0 Å². The predicted octanol–water partition coefficient (Wildman–Crippen LogP) is 2.93. The molecule has 0 spiro atoms. The number of carbonyl (C=O) groups is 2. The number of hydrogen-bond donors (Lipinski definition) is 0. The Morgan fingerprint density at radius 3 is 1.52 bits per heavy atom. The van der Waals surface area contributed by atoms with Crippen molar-refractivity contribution in [2.45, 2.75) is 0 Å². The van der Waals surface area contributed by atoms with Gasteiger partial charge in [0, 0.05) is 45.3 Å². The van der Waals surface area contributed by atoms with Crippen LogP contribution < -0.4 is 5.46 Å². The smallest absolute Gasteiger partial charge is 0.227 e. The first-order chi connectivity index (χ1) is 13.7. The van der Waals surface area contributed by atoms with E-state index in [-0.39, 0.29) is 42.1 Å². The second kappa shape index (κ2) is 7.90. The molecular formula is C18H13BCl5N3O2. The van der Waals surface area contributed by atoms with Gasteiger partial charge in [-0.2, -0.15) is 0 Å². The van der Waals surface area contributed by atoms with E-state index in [9.17, 15) is 9.59 Å². The van der Waals surface area contributed by atoms with E-state index < -0.39 is 0 Å². The van der Waals surface area contributed by atoms with E-state index in [1.807, 2.05) is 14.7 Å². The van der Waals surface area contributed by atoms with Crippen LogP contribution in [0.5, 0.6) is 0 Å². The molecule has 3 aliphatic heterocycles. The summed E-state index contributed by atoms with van der Waals surface area (Å²) in [6.07, 6.45) is 1.52. The summed E-state index contributed by atoms with van der Waals surface area (Å²) in [6, 6.07) is 0. The molecule has 1 aliphatic carbocycles. The average Bonchev–Trinajstić information content (AvgIpc) is 3.56. The quantitative estimate of drug-likeness (QED) is 0.214. The lowest BCUT2D eigenvalue weighted by Crippen LogP contribution is -2.29. The number of hydrogen-bond acceptors (Lipinski definition) is 5. The number of halogens is 5. The highest BCUT2D eigenvalue weighted by atomic mass is 35.5. The number of allylic oxidation sites excluding steroid dienone is 1. The highest BCUT2D eigenvalue weighted by Crippen LogP contribution is 2.38. The van der Waals surface area contributed by atoms with Gasteiger partial charge in [0.15, 0.2) is 0 Å². The Hall–Kier alpha value is -1.05. The standard InChI is InChI=1S/C12H13N3O2.C6BCl5/c16-9-7-8(13-1-2-13)12(17)11(15-5-6-15)10(9)14-3-4-14;7-1-2(8)4(10)6(12)5(11)3(1)9/h7H,1-6H2;. The molecule has 5 rings (SSSR count). The number of Topliss-reactive ketones (excluding diaryl/α,β-unsaturated/α-hetero) is 1. The molecule has 0 atom stereocenters. The zero-order valence-corrected chi connectivity index (χ0v) is 18.7. The normalized spacial score (nSPS) is 19.9. The Bertz CT molecular complexity index is 893. The van der Waals surface area contributed by atoms with Crippen LogP contribution in [0, 0.1) is 0 Å². The van der Waals surface area contributed by atoms with Gasteiger partial charge in [0.25, 0.3) is 0 Å². The molecule has 3 heterocycles. The van der Waals surface area contributed by atoms with Gasteiger partial charge in [0.05, 0.1) is 30.8 Å². The summed E-state index contributed by atoms with van der Waals surface area (Å²) in [6.45, 7) is 5.41. The largest absolute Gasteiger partial charge is 0.365 e. The summed E-state index contributed by atoms with van der Waals surface area (Å²) < 4.78 is 0. The fraction of sp³-hybridized carbons (Fsp3) is 0.333. The lowest BCUT2D eigenvalue weighted by Gasteiger charge is -2.21. The first-order valence-corrected chi connectivity index (χ1v) is 10.7. The molecule has 5 nitrogen and oxygen atoms in total. The number of rotatable bonds is 3. The van der Waals surface area contributed by atoms with Gasteiger partial charge in [0.1, 0.15) is 19.2 Å². The molecule has 2 radical (unpaired) electrons. The Labute approximate surface area is 194 Å². The topological polar surface area (TPSA) is 43.2 Å². The second-order valence-electron chi connectivity index (χ2n) is 6.86. The molecular weight excluding hydrogens is 478 g/mol. The molecule has 11 heteroatoms. The molecule has 0 saturated carbocycles. The molecule has 1 aromatic rings. The number of ketones is 2. The van der Waals surface area contributed by atoms with Gasteiger partial charge >= 0.3 is 0 Å². The van der Waals surface area contributed by atoms with Gasteiger partial charge < -0.3 is 14.7 Å². The first-order valence-electron chi connectivity index (χ1n) is 8.79. The minimum absolute atomic E-state index is 0.00546. The van der Waals surface area contributed by atoms with E-state index >= 15 is 0 Å². The SMILES string of the molecule is O=C1C=C(N2CC2)C(=O)C(N2CC2)=C1N1CC1.[B]c1c(Cl)c(Cl)c(Cl)c(Cl)c1Cl. The van der Waals surface area contributed by atoms with E-state index in [1.165, 1.54) is 6.08 Å². The lowest BCUT2D eigenvalue weighted by atomic mass is 9.96. The van der Waals surface area contributed by atoms with E-state index in [2.05, 4.69) is 0 Å². The van der Waals surface area contributed by atoms with Crippen LogP contribution in [0.25, 0.3) is 0 Å². The molecule has 4 aliphatic rings. The summed E-state index contributed by atoms with van der Waals surface area (Å²) in [5.74, 6) is 0.0485. The van der Waals surface area contributed by atoms with Crippen molar-refractivity contribution in [3.8, 4) is 0 Å². The van der Waals surface area contributed by atoms with Crippen molar-refractivity contribution in [3.05, 3.63) is 48.3 Å². The lowest BCUT2D eigenvalue weighted by molar-refractivity contribution is -0.117. The van der Waals surface area contributed by atoms with Gasteiger partial charge in [-0.05, 0) is 0 Å². The Balaban J connectivity index is 0.000000152. The maximum atomic E-state index is 12.4.